The van der Waals surface area contributed by atoms with E-state index < -0.39 is 23.1 Å². The predicted molar refractivity (Wildman–Crippen MR) is 91.8 cm³/mol. The summed E-state index contributed by atoms with van der Waals surface area (Å²) < 4.78 is 31.8. The third kappa shape index (κ3) is 3.88. The monoisotopic (exact) mass is 381 g/mol. The van der Waals surface area contributed by atoms with E-state index in [2.05, 4.69) is 15.6 Å². The zero-order valence-electron chi connectivity index (χ0n) is 14.0. The molecule has 0 aliphatic carbocycles. The van der Waals surface area contributed by atoms with Crippen LogP contribution in [0.4, 0.5) is 8.78 Å². The zero-order valence-corrected chi connectivity index (χ0v) is 14.8. The van der Waals surface area contributed by atoms with Crippen molar-refractivity contribution in [3.8, 4) is 10.4 Å². The van der Waals surface area contributed by atoms with Crippen LogP contribution < -0.4 is 10.6 Å². The summed E-state index contributed by atoms with van der Waals surface area (Å²) in [6.45, 7) is 2.88. The van der Waals surface area contributed by atoms with Crippen LogP contribution in [0.25, 0.3) is 10.4 Å². The maximum atomic E-state index is 13.9. The quantitative estimate of drug-likeness (QED) is 0.750. The Morgan fingerprint density at radius 1 is 1.38 bits per heavy atom. The van der Waals surface area contributed by atoms with Crippen LogP contribution in [-0.4, -0.2) is 42.1 Å². The minimum Gasteiger partial charge on any atom is -0.466 e. The number of nitrogens with zero attached hydrogens (tertiary/aromatic N) is 1. The van der Waals surface area contributed by atoms with Crippen molar-refractivity contribution in [3.63, 3.8) is 0 Å². The van der Waals surface area contributed by atoms with Crippen LogP contribution in [0, 0.1) is 11.6 Å². The number of aromatic nitrogens is 1. The first-order chi connectivity index (χ1) is 12.4. The van der Waals surface area contributed by atoms with Crippen LogP contribution in [0.15, 0.2) is 24.4 Å². The normalized spacial score (nSPS) is 15.2. The standard InChI is InChI=1S/C17H17F2N3O3S/c1-2-25-14(23)6-17(8-20-9-17)22-15(24)16-21-7-13(26-16)11-4-3-10(18)5-12(11)19/h3-5,7,20H,2,6,8-9H2,1H3,(H,22,24). The second-order valence-corrected chi connectivity index (χ2v) is 7.00. The molecule has 9 heteroatoms. The zero-order chi connectivity index (χ0) is 18.7. The Bertz CT molecular complexity index is 836. The molecule has 1 amide bonds. The summed E-state index contributed by atoms with van der Waals surface area (Å²) in [5.74, 6) is -2.23. The van der Waals surface area contributed by atoms with Crippen molar-refractivity contribution >= 4 is 23.2 Å². The fraction of sp³-hybridized carbons (Fsp3) is 0.353. The number of benzene rings is 1. The first-order valence-corrected chi connectivity index (χ1v) is 8.84. The Balaban J connectivity index is 1.72. The number of amides is 1. The number of carbonyl (C=O) groups excluding carboxylic acids is 2. The van der Waals surface area contributed by atoms with Crippen LogP contribution in [0.2, 0.25) is 0 Å². The van der Waals surface area contributed by atoms with Crippen molar-refractivity contribution in [3.05, 3.63) is 41.0 Å². The molecule has 26 heavy (non-hydrogen) atoms. The SMILES string of the molecule is CCOC(=O)CC1(NC(=O)c2ncc(-c3ccc(F)cc3F)s2)CNC1. The van der Waals surface area contributed by atoms with Crippen LogP contribution in [-0.2, 0) is 9.53 Å². The number of rotatable bonds is 6. The first-order valence-electron chi connectivity index (χ1n) is 8.02. The highest BCUT2D eigenvalue weighted by molar-refractivity contribution is 7.17. The number of hydrogen-bond acceptors (Lipinski definition) is 6. The molecule has 2 heterocycles. The van der Waals surface area contributed by atoms with Crippen molar-refractivity contribution in [2.24, 2.45) is 0 Å². The molecular formula is C17H17F2N3O3S. The van der Waals surface area contributed by atoms with E-state index in [-0.39, 0.29) is 29.6 Å². The lowest BCUT2D eigenvalue weighted by Gasteiger charge is -2.42. The van der Waals surface area contributed by atoms with E-state index in [1.807, 2.05) is 0 Å². The maximum Gasteiger partial charge on any atom is 0.308 e. The average Bonchev–Trinajstić information content (AvgIpc) is 3.02. The van der Waals surface area contributed by atoms with Gasteiger partial charge < -0.3 is 15.4 Å². The van der Waals surface area contributed by atoms with Gasteiger partial charge in [-0.15, -0.1) is 11.3 Å². The van der Waals surface area contributed by atoms with Crippen molar-refractivity contribution in [1.29, 1.82) is 0 Å². The van der Waals surface area contributed by atoms with Gasteiger partial charge in [0, 0.05) is 30.9 Å². The maximum absolute atomic E-state index is 13.9. The second-order valence-electron chi connectivity index (χ2n) is 5.97. The Kier molecular flexibility index (Phi) is 5.28. The summed E-state index contributed by atoms with van der Waals surface area (Å²) in [6.07, 6.45) is 1.43. The summed E-state index contributed by atoms with van der Waals surface area (Å²) >= 11 is 0.996. The lowest BCUT2D eigenvalue weighted by atomic mass is 9.88. The van der Waals surface area contributed by atoms with E-state index in [0.717, 1.165) is 23.5 Å². The molecule has 2 aromatic rings. The predicted octanol–water partition coefficient (Wildman–Crippen LogP) is 2.11. The summed E-state index contributed by atoms with van der Waals surface area (Å²) in [5.41, 5.74) is -0.537. The number of ether oxygens (including phenoxy) is 1. The molecule has 1 fully saturated rings. The molecule has 6 nitrogen and oxygen atoms in total. The molecular weight excluding hydrogens is 364 g/mol. The van der Waals surface area contributed by atoms with Gasteiger partial charge in [0.1, 0.15) is 11.6 Å². The molecule has 0 saturated carbocycles. The highest BCUT2D eigenvalue weighted by Gasteiger charge is 2.41. The summed E-state index contributed by atoms with van der Waals surface area (Å²) in [5, 5.41) is 5.98. The van der Waals surface area contributed by atoms with E-state index in [1.165, 1.54) is 12.3 Å². The van der Waals surface area contributed by atoms with Gasteiger partial charge in [0.05, 0.1) is 23.4 Å². The van der Waals surface area contributed by atoms with Crippen molar-refractivity contribution in [1.82, 2.24) is 15.6 Å². The van der Waals surface area contributed by atoms with Gasteiger partial charge in [-0.3, -0.25) is 9.59 Å². The number of esters is 1. The topological polar surface area (TPSA) is 80.3 Å². The number of halogens is 2. The Hall–Kier alpha value is -2.39. The average molecular weight is 381 g/mol. The van der Waals surface area contributed by atoms with E-state index in [4.69, 9.17) is 4.74 Å². The third-order valence-electron chi connectivity index (χ3n) is 3.99. The minimum atomic E-state index is -0.720. The lowest BCUT2D eigenvalue weighted by molar-refractivity contribution is -0.145. The third-order valence-corrected chi connectivity index (χ3v) is 5.02. The van der Waals surface area contributed by atoms with Crippen LogP contribution in [0.1, 0.15) is 23.1 Å². The summed E-state index contributed by atoms with van der Waals surface area (Å²) in [4.78, 5) is 28.7. The molecule has 1 aliphatic rings. The minimum absolute atomic E-state index is 0.0599. The van der Waals surface area contributed by atoms with Gasteiger partial charge in [-0.05, 0) is 19.1 Å². The van der Waals surface area contributed by atoms with Crippen LogP contribution >= 0.6 is 11.3 Å². The highest BCUT2D eigenvalue weighted by atomic mass is 32.1. The van der Waals surface area contributed by atoms with Gasteiger partial charge >= 0.3 is 5.97 Å². The molecule has 0 spiro atoms. The number of thiazole rings is 1. The largest absolute Gasteiger partial charge is 0.466 e. The van der Waals surface area contributed by atoms with Crippen molar-refractivity contribution in [2.45, 2.75) is 18.9 Å². The van der Waals surface area contributed by atoms with E-state index >= 15 is 0 Å². The fourth-order valence-corrected chi connectivity index (χ4v) is 3.50. The van der Waals surface area contributed by atoms with Crippen molar-refractivity contribution < 1.29 is 23.1 Å². The van der Waals surface area contributed by atoms with E-state index in [9.17, 15) is 18.4 Å². The molecule has 3 rings (SSSR count). The Labute approximate surface area is 152 Å². The molecule has 1 aliphatic heterocycles. The highest BCUT2D eigenvalue weighted by Crippen LogP contribution is 2.29. The second kappa shape index (κ2) is 7.46. The van der Waals surface area contributed by atoms with Gasteiger partial charge in [-0.25, -0.2) is 13.8 Å². The van der Waals surface area contributed by atoms with Gasteiger partial charge in [0.25, 0.3) is 5.91 Å². The number of carbonyl (C=O) groups is 2. The van der Waals surface area contributed by atoms with E-state index in [0.29, 0.717) is 18.0 Å². The molecule has 0 bridgehead atoms. The first kappa shape index (κ1) is 18.4. The summed E-state index contributed by atoms with van der Waals surface area (Å²) in [7, 11) is 0. The van der Waals surface area contributed by atoms with Crippen molar-refractivity contribution in [2.75, 3.05) is 19.7 Å². The number of hydrogen-bond donors (Lipinski definition) is 2. The van der Waals surface area contributed by atoms with E-state index in [1.54, 1.807) is 6.92 Å². The van der Waals surface area contributed by atoms with Crippen LogP contribution in [0.5, 0.6) is 0 Å². The van der Waals surface area contributed by atoms with Gasteiger partial charge in [0.15, 0.2) is 5.01 Å². The molecule has 2 N–H and O–H groups in total. The lowest BCUT2D eigenvalue weighted by Crippen LogP contribution is -2.69. The Morgan fingerprint density at radius 3 is 2.77 bits per heavy atom. The fourth-order valence-electron chi connectivity index (χ4n) is 2.66. The van der Waals surface area contributed by atoms with Crippen LogP contribution in [0.3, 0.4) is 0 Å². The smallest absolute Gasteiger partial charge is 0.308 e. The molecule has 1 aromatic heterocycles. The van der Waals surface area contributed by atoms with Gasteiger partial charge in [0.2, 0.25) is 0 Å². The number of nitrogens with one attached hydrogen (secondary N) is 2. The van der Waals surface area contributed by atoms with Gasteiger partial charge in [-0.1, -0.05) is 0 Å². The van der Waals surface area contributed by atoms with Gasteiger partial charge in [-0.2, -0.15) is 0 Å². The Morgan fingerprint density at radius 2 is 2.15 bits per heavy atom. The molecule has 0 radical (unpaired) electrons. The summed E-state index contributed by atoms with van der Waals surface area (Å²) in [6, 6.07) is 3.23. The molecule has 1 saturated heterocycles. The molecule has 1 aromatic carbocycles. The molecule has 138 valence electrons. The molecule has 0 atom stereocenters. The molecule has 0 unspecified atom stereocenters.